The largest absolute Gasteiger partial charge is 0.457 e. The molecule has 4 heteroatoms. The minimum absolute atomic E-state index is 0.600. The summed E-state index contributed by atoms with van der Waals surface area (Å²) < 4.78 is 13.3. The van der Waals surface area contributed by atoms with Gasteiger partial charge >= 0.3 is 0 Å². The van der Waals surface area contributed by atoms with Crippen molar-refractivity contribution in [1.29, 1.82) is 0 Å². The third-order valence-electron chi connectivity index (χ3n) is 10.6. The maximum atomic E-state index is 6.87. The van der Waals surface area contributed by atoms with Gasteiger partial charge in [0.05, 0.1) is 16.8 Å². The molecule has 0 bridgehead atoms. The number of hydrogen-bond acceptors (Lipinski definition) is 4. The molecule has 2 aliphatic rings. The summed E-state index contributed by atoms with van der Waals surface area (Å²) in [5, 5.41) is 2.27. The number of benzene rings is 7. The van der Waals surface area contributed by atoms with Crippen molar-refractivity contribution in [2.45, 2.75) is 5.41 Å². The standard InChI is InChI=1S/C47H28N2O2/c1-3-13-29(14-4-1)38-28-39(49-46(48-38)30-15-5-2-6-16-30)31-23-24-36-43(27-31)51-41-22-12-10-20-35(41)47(36)34-19-9-7-17-32(34)44-37(47)25-26-42-45(44)33-18-8-11-21-40(33)50-42/h1-28H. The average molecular weight is 653 g/mol. The molecule has 1 unspecified atom stereocenters. The molecule has 51 heavy (non-hydrogen) atoms. The van der Waals surface area contributed by atoms with Gasteiger partial charge in [0.2, 0.25) is 0 Å². The van der Waals surface area contributed by atoms with Crippen molar-refractivity contribution in [2.24, 2.45) is 0 Å². The van der Waals surface area contributed by atoms with Crippen LogP contribution in [0.15, 0.2) is 174 Å². The van der Waals surface area contributed by atoms with Crippen LogP contribution in [-0.2, 0) is 5.41 Å². The Morgan fingerprint density at radius 3 is 1.92 bits per heavy atom. The first-order valence-corrected chi connectivity index (χ1v) is 17.2. The molecule has 0 saturated carbocycles. The van der Waals surface area contributed by atoms with Crippen molar-refractivity contribution in [2.75, 3.05) is 0 Å². The number of nitrogens with zero attached hydrogens (tertiary/aromatic N) is 2. The number of fused-ring (bicyclic) bond motifs is 13. The van der Waals surface area contributed by atoms with Crippen LogP contribution < -0.4 is 4.74 Å². The van der Waals surface area contributed by atoms with Crippen molar-refractivity contribution < 1.29 is 9.15 Å². The highest BCUT2D eigenvalue weighted by molar-refractivity contribution is 6.15. The molecule has 1 atom stereocenters. The highest BCUT2D eigenvalue weighted by Crippen LogP contribution is 2.63. The zero-order valence-corrected chi connectivity index (χ0v) is 27.4. The number of ether oxygens (including phenoxy) is 1. The summed E-state index contributed by atoms with van der Waals surface area (Å²) in [7, 11) is 0. The quantitative estimate of drug-likeness (QED) is 0.191. The van der Waals surface area contributed by atoms with E-state index in [1.54, 1.807) is 0 Å². The van der Waals surface area contributed by atoms with E-state index in [0.717, 1.165) is 72.6 Å². The van der Waals surface area contributed by atoms with Gasteiger partial charge in [-0.15, -0.1) is 0 Å². The molecule has 0 amide bonds. The van der Waals surface area contributed by atoms with Gasteiger partial charge in [-0.05, 0) is 52.6 Å². The fraction of sp³-hybridized carbons (Fsp3) is 0.0213. The Hall–Kier alpha value is -6.78. The van der Waals surface area contributed by atoms with Crippen LogP contribution in [0, 0.1) is 0 Å². The molecule has 11 rings (SSSR count). The molecular formula is C47H28N2O2. The Bertz CT molecular complexity index is 2780. The highest BCUT2D eigenvalue weighted by atomic mass is 16.5. The van der Waals surface area contributed by atoms with Crippen LogP contribution >= 0.6 is 0 Å². The number of rotatable bonds is 3. The van der Waals surface area contributed by atoms with E-state index in [9.17, 15) is 0 Å². The van der Waals surface area contributed by atoms with Gasteiger partial charge in [-0.3, -0.25) is 0 Å². The lowest BCUT2D eigenvalue weighted by Gasteiger charge is -2.39. The summed E-state index contributed by atoms with van der Waals surface area (Å²) in [6, 6.07) is 59.2. The van der Waals surface area contributed by atoms with E-state index in [-0.39, 0.29) is 0 Å². The molecule has 0 radical (unpaired) electrons. The summed E-state index contributed by atoms with van der Waals surface area (Å²) in [6.45, 7) is 0. The molecule has 2 aromatic heterocycles. The van der Waals surface area contributed by atoms with E-state index in [1.165, 1.54) is 22.3 Å². The Morgan fingerprint density at radius 2 is 1.08 bits per heavy atom. The van der Waals surface area contributed by atoms with Gasteiger partial charge in [0.1, 0.15) is 22.7 Å². The number of furan rings is 1. The van der Waals surface area contributed by atoms with Crippen molar-refractivity contribution in [3.63, 3.8) is 0 Å². The SMILES string of the molecule is c1ccc(-c2cc(-c3ccc4c(c3)Oc3ccccc3C43c4ccccc4-c4c3ccc3oc5ccccc5c43)nc(-c3ccccc3)n2)cc1. The van der Waals surface area contributed by atoms with Crippen LogP contribution in [-0.4, -0.2) is 9.97 Å². The van der Waals surface area contributed by atoms with Crippen molar-refractivity contribution in [1.82, 2.24) is 9.97 Å². The fourth-order valence-corrected chi connectivity index (χ4v) is 8.44. The van der Waals surface area contributed by atoms with Gasteiger partial charge in [-0.1, -0.05) is 140 Å². The van der Waals surface area contributed by atoms with E-state index in [0.29, 0.717) is 5.82 Å². The summed E-state index contributed by atoms with van der Waals surface area (Å²) >= 11 is 0. The van der Waals surface area contributed by atoms with Gasteiger partial charge in [0.15, 0.2) is 5.82 Å². The minimum Gasteiger partial charge on any atom is -0.457 e. The van der Waals surface area contributed by atoms with Crippen LogP contribution in [0.5, 0.6) is 11.5 Å². The summed E-state index contributed by atoms with van der Waals surface area (Å²) in [5.74, 6) is 2.34. The first-order chi connectivity index (χ1) is 25.3. The van der Waals surface area contributed by atoms with Crippen LogP contribution in [0.3, 0.4) is 0 Å². The number of para-hydroxylation sites is 2. The van der Waals surface area contributed by atoms with Crippen molar-refractivity contribution >= 4 is 21.9 Å². The van der Waals surface area contributed by atoms with Gasteiger partial charge in [0, 0.05) is 38.6 Å². The Balaban J connectivity index is 1.18. The molecular weight excluding hydrogens is 625 g/mol. The minimum atomic E-state index is -0.600. The maximum absolute atomic E-state index is 6.87. The van der Waals surface area contributed by atoms with E-state index in [1.807, 2.05) is 42.5 Å². The lowest BCUT2D eigenvalue weighted by atomic mass is 9.66. The van der Waals surface area contributed by atoms with E-state index < -0.39 is 5.41 Å². The molecule has 1 spiro atoms. The molecule has 1 aliphatic heterocycles. The highest BCUT2D eigenvalue weighted by Gasteiger charge is 2.51. The molecule has 4 nitrogen and oxygen atoms in total. The second-order valence-corrected chi connectivity index (χ2v) is 13.3. The van der Waals surface area contributed by atoms with E-state index in [2.05, 4.69) is 127 Å². The molecule has 0 N–H and O–H groups in total. The van der Waals surface area contributed by atoms with Crippen molar-refractivity contribution in [3.8, 4) is 56.5 Å². The zero-order valence-electron chi connectivity index (χ0n) is 27.4. The lowest BCUT2D eigenvalue weighted by molar-refractivity contribution is 0.436. The van der Waals surface area contributed by atoms with E-state index in [4.69, 9.17) is 19.1 Å². The van der Waals surface area contributed by atoms with Crippen LogP contribution in [0.1, 0.15) is 22.3 Å². The van der Waals surface area contributed by atoms with Gasteiger partial charge in [-0.25, -0.2) is 9.97 Å². The van der Waals surface area contributed by atoms with Crippen LogP contribution in [0.4, 0.5) is 0 Å². The van der Waals surface area contributed by atoms with Gasteiger partial charge in [-0.2, -0.15) is 0 Å². The second-order valence-electron chi connectivity index (χ2n) is 13.3. The zero-order chi connectivity index (χ0) is 33.5. The molecule has 7 aromatic carbocycles. The summed E-state index contributed by atoms with van der Waals surface area (Å²) in [6.07, 6.45) is 0. The van der Waals surface area contributed by atoms with E-state index >= 15 is 0 Å². The Kier molecular flexibility index (Phi) is 5.84. The predicted octanol–water partition coefficient (Wildman–Crippen LogP) is 11.8. The molecule has 3 heterocycles. The van der Waals surface area contributed by atoms with Crippen LogP contribution in [0.25, 0.3) is 67.0 Å². The predicted molar refractivity (Wildman–Crippen MR) is 203 cm³/mol. The molecule has 9 aromatic rings. The Morgan fingerprint density at radius 1 is 0.431 bits per heavy atom. The maximum Gasteiger partial charge on any atom is 0.160 e. The first-order valence-electron chi connectivity index (χ1n) is 17.2. The molecule has 0 saturated heterocycles. The molecule has 1 aliphatic carbocycles. The Labute approximate surface area is 294 Å². The fourth-order valence-electron chi connectivity index (χ4n) is 8.44. The lowest BCUT2D eigenvalue weighted by Crippen LogP contribution is -2.32. The third kappa shape index (κ3) is 3.96. The summed E-state index contributed by atoms with van der Waals surface area (Å²) in [4.78, 5) is 10.2. The second kappa shape index (κ2) is 10.6. The van der Waals surface area contributed by atoms with Gasteiger partial charge in [0.25, 0.3) is 0 Å². The summed E-state index contributed by atoms with van der Waals surface area (Å²) in [5.41, 5.74) is 13.0. The average Bonchev–Trinajstić information content (AvgIpc) is 3.72. The molecule has 0 fully saturated rings. The monoisotopic (exact) mass is 652 g/mol. The smallest absolute Gasteiger partial charge is 0.160 e. The number of aromatic nitrogens is 2. The van der Waals surface area contributed by atoms with Gasteiger partial charge < -0.3 is 9.15 Å². The normalized spacial score (nSPS) is 15.3. The third-order valence-corrected chi connectivity index (χ3v) is 10.6. The molecule has 238 valence electrons. The van der Waals surface area contributed by atoms with Crippen molar-refractivity contribution in [3.05, 3.63) is 192 Å². The van der Waals surface area contributed by atoms with Crippen LogP contribution in [0.2, 0.25) is 0 Å². The topological polar surface area (TPSA) is 48.2 Å². The first kappa shape index (κ1) is 28.1. The number of hydrogen-bond donors (Lipinski definition) is 0.